The Labute approximate surface area is 247 Å². The number of urea groups is 1. The first-order valence-corrected chi connectivity index (χ1v) is 14.4. The van der Waals surface area contributed by atoms with Crippen molar-refractivity contribution >= 4 is 46.1 Å². The number of carbonyl (C=O) groups excluding carboxylic acids is 4. The van der Waals surface area contributed by atoms with E-state index in [-0.39, 0.29) is 31.0 Å². The number of rotatable bonds is 9. The summed E-state index contributed by atoms with van der Waals surface area (Å²) in [5, 5.41) is 5.12. The second-order valence-electron chi connectivity index (χ2n) is 11.9. The number of amides is 4. The van der Waals surface area contributed by atoms with Crippen molar-refractivity contribution in [2.45, 2.75) is 59.9 Å². The molecule has 228 valence electrons. The standard InChI is InChI=1S/C29H38N4O8S/c1-28(2,3)22-15-20(33-13-12-23(34)31-27(33)37)14-21(24(22)40-7)25(35)30-19-10-8-18(9-11-19)16-32(42(38)39)17-41-26(36)29(4,5)6/h8-11,14-15,42H,12-13,16-17H2,1-7H3,(H,30,35)(H,31,34,37). The Morgan fingerprint density at radius 1 is 1.05 bits per heavy atom. The second-order valence-corrected chi connectivity index (χ2v) is 13.0. The molecule has 1 aliphatic rings. The first-order valence-electron chi connectivity index (χ1n) is 13.3. The number of nitrogens with zero attached hydrogens (tertiary/aromatic N) is 2. The Hall–Kier alpha value is -3.97. The number of imide groups is 1. The SMILES string of the molecule is COc1c(C(=O)Nc2ccc(CN(COC(=O)C(C)(C)C)[SH](=O)=O)cc2)cc(N2CCC(=O)NC2=O)cc1C(C)(C)C. The molecule has 0 unspecified atom stereocenters. The molecule has 1 saturated heterocycles. The van der Waals surface area contributed by atoms with Crippen molar-refractivity contribution in [1.82, 2.24) is 9.62 Å². The summed E-state index contributed by atoms with van der Waals surface area (Å²) < 4.78 is 35.3. The van der Waals surface area contributed by atoms with Crippen LogP contribution in [-0.4, -0.2) is 56.9 Å². The lowest BCUT2D eigenvalue weighted by Gasteiger charge is -2.30. The van der Waals surface area contributed by atoms with Gasteiger partial charge in [-0.1, -0.05) is 32.9 Å². The minimum Gasteiger partial charge on any atom is -0.496 e. The summed E-state index contributed by atoms with van der Waals surface area (Å²) in [7, 11) is -1.55. The van der Waals surface area contributed by atoms with Gasteiger partial charge in [-0.2, -0.15) is 4.31 Å². The summed E-state index contributed by atoms with van der Waals surface area (Å²) in [6.07, 6.45) is 0.132. The Bertz CT molecular complexity index is 1430. The first-order chi connectivity index (χ1) is 19.5. The van der Waals surface area contributed by atoms with Crippen molar-refractivity contribution in [2.75, 3.05) is 30.6 Å². The molecule has 2 aromatic rings. The highest BCUT2D eigenvalue weighted by atomic mass is 32.2. The first kappa shape index (κ1) is 32.5. The molecule has 42 heavy (non-hydrogen) atoms. The molecule has 0 aromatic heterocycles. The Kier molecular flexibility index (Phi) is 10.0. The van der Waals surface area contributed by atoms with Crippen LogP contribution in [0.25, 0.3) is 0 Å². The van der Waals surface area contributed by atoms with E-state index in [0.717, 1.165) is 4.31 Å². The molecular weight excluding hydrogens is 564 g/mol. The van der Waals surface area contributed by atoms with Crippen molar-refractivity contribution in [1.29, 1.82) is 0 Å². The minimum absolute atomic E-state index is 0.0322. The fraction of sp³-hybridized carbons (Fsp3) is 0.448. The van der Waals surface area contributed by atoms with Crippen LogP contribution < -0.4 is 20.3 Å². The van der Waals surface area contributed by atoms with Gasteiger partial charge in [-0.05, 0) is 56.0 Å². The zero-order valence-electron chi connectivity index (χ0n) is 24.9. The molecule has 3 rings (SSSR count). The van der Waals surface area contributed by atoms with Crippen molar-refractivity contribution in [3.63, 3.8) is 0 Å². The number of nitrogens with one attached hydrogen (secondary N) is 2. The smallest absolute Gasteiger partial charge is 0.328 e. The zero-order valence-corrected chi connectivity index (χ0v) is 25.8. The quantitative estimate of drug-likeness (QED) is 0.224. The number of hydrogen-bond acceptors (Lipinski definition) is 8. The second kappa shape index (κ2) is 12.9. The maximum Gasteiger partial charge on any atom is 0.328 e. The lowest BCUT2D eigenvalue weighted by atomic mass is 9.84. The van der Waals surface area contributed by atoms with Crippen LogP contribution in [0.5, 0.6) is 5.75 Å². The van der Waals surface area contributed by atoms with Crippen molar-refractivity contribution in [3.05, 3.63) is 53.1 Å². The van der Waals surface area contributed by atoms with E-state index in [1.54, 1.807) is 57.2 Å². The Balaban J connectivity index is 1.83. The van der Waals surface area contributed by atoms with Gasteiger partial charge in [0.1, 0.15) is 5.75 Å². The maximum absolute atomic E-state index is 13.5. The fourth-order valence-electron chi connectivity index (χ4n) is 4.13. The van der Waals surface area contributed by atoms with Gasteiger partial charge in [0.2, 0.25) is 16.8 Å². The van der Waals surface area contributed by atoms with E-state index in [1.165, 1.54) is 12.0 Å². The van der Waals surface area contributed by atoms with Crippen LogP contribution in [0.15, 0.2) is 36.4 Å². The van der Waals surface area contributed by atoms with Gasteiger partial charge in [0.25, 0.3) is 5.91 Å². The topological polar surface area (TPSA) is 151 Å². The molecule has 12 nitrogen and oxygen atoms in total. The van der Waals surface area contributed by atoms with Crippen LogP contribution >= 0.6 is 0 Å². The van der Waals surface area contributed by atoms with Crippen molar-refractivity contribution in [2.24, 2.45) is 5.41 Å². The third kappa shape index (κ3) is 8.07. The third-order valence-electron chi connectivity index (χ3n) is 6.46. The predicted molar refractivity (Wildman–Crippen MR) is 158 cm³/mol. The Morgan fingerprint density at radius 2 is 1.69 bits per heavy atom. The molecule has 0 saturated carbocycles. The monoisotopic (exact) mass is 602 g/mol. The van der Waals surface area contributed by atoms with E-state index in [9.17, 15) is 27.6 Å². The summed E-state index contributed by atoms with van der Waals surface area (Å²) in [5.41, 5.74) is 1.18. The van der Waals surface area contributed by atoms with E-state index in [2.05, 4.69) is 10.6 Å². The van der Waals surface area contributed by atoms with Gasteiger partial charge in [-0.25, -0.2) is 13.2 Å². The van der Waals surface area contributed by atoms with Crippen LogP contribution in [0.4, 0.5) is 16.2 Å². The molecule has 0 aliphatic carbocycles. The number of thiol groups is 1. The fourth-order valence-corrected chi connectivity index (χ4v) is 4.56. The number of methoxy groups -OCH3 is 1. The molecule has 1 aliphatic heterocycles. The minimum atomic E-state index is -3.02. The van der Waals surface area contributed by atoms with Crippen LogP contribution in [0.3, 0.4) is 0 Å². The summed E-state index contributed by atoms with van der Waals surface area (Å²) in [6.45, 7) is 10.6. The van der Waals surface area contributed by atoms with Crippen LogP contribution in [0.1, 0.15) is 69.4 Å². The largest absolute Gasteiger partial charge is 0.496 e. The van der Waals surface area contributed by atoms with Gasteiger partial charge in [0.15, 0.2) is 6.73 Å². The molecule has 0 spiro atoms. The number of ether oxygens (including phenoxy) is 2. The molecule has 1 fully saturated rings. The summed E-state index contributed by atoms with van der Waals surface area (Å²) >= 11 is 0. The number of carbonyl (C=O) groups is 4. The van der Waals surface area contributed by atoms with Gasteiger partial charge in [0, 0.05) is 36.4 Å². The molecule has 2 N–H and O–H groups in total. The van der Waals surface area contributed by atoms with Gasteiger partial charge < -0.3 is 14.8 Å². The molecule has 0 radical (unpaired) electrons. The van der Waals surface area contributed by atoms with Crippen LogP contribution in [0, 0.1) is 5.41 Å². The Morgan fingerprint density at radius 3 is 2.21 bits per heavy atom. The average molecular weight is 603 g/mol. The van der Waals surface area contributed by atoms with E-state index in [1.807, 2.05) is 20.8 Å². The summed E-state index contributed by atoms with van der Waals surface area (Å²) in [6, 6.07) is 9.30. The number of hydrogen-bond donors (Lipinski definition) is 3. The molecule has 13 heteroatoms. The van der Waals surface area contributed by atoms with E-state index in [0.29, 0.717) is 28.3 Å². The van der Waals surface area contributed by atoms with E-state index < -0.39 is 46.4 Å². The molecule has 1 heterocycles. The third-order valence-corrected chi connectivity index (χ3v) is 7.18. The molecule has 0 atom stereocenters. The highest BCUT2D eigenvalue weighted by Crippen LogP contribution is 2.38. The van der Waals surface area contributed by atoms with Crippen LogP contribution in [0.2, 0.25) is 0 Å². The van der Waals surface area contributed by atoms with Crippen molar-refractivity contribution < 1.29 is 37.1 Å². The molecule has 4 amide bonds. The number of benzene rings is 2. The van der Waals surface area contributed by atoms with Gasteiger partial charge in [0.05, 0.1) is 18.1 Å². The number of esters is 1. The summed E-state index contributed by atoms with van der Waals surface area (Å²) in [4.78, 5) is 51.2. The van der Waals surface area contributed by atoms with Crippen LogP contribution in [-0.2, 0) is 37.2 Å². The van der Waals surface area contributed by atoms with Gasteiger partial charge in [-0.15, -0.1) is 0 Å². The lowest BCUT2D eigenvalue weighted by Crippen LogP contribution is -2.49. The van der Waals surface area contributed by atoms with Crippen molar-refractivity contribution in [3.8, 4) is 5.75 Å². The van der Waals surface area contributed by atoms with Gasteiger partial charge in [-0.3, -0.25) is 24.6 Å². The number of anilines is 2. The summed E-state index contributed by atoms with van der Waals surface area (Å²) in [5.74, 6) is -1.02. The molecule has 0 bridgehead atoms. The molecule has 2 aromatic carbocycles. The van der Waals surface area contributed by atoms with E-state index >= 15 is 0 Å². The average Bonchev–Trinajstić information content (AvgIpc) is 2.89. The van der Waals surface area contributed by atoms with Gasteiger partial charge >= 0.3 is 12.0 Å². The maximum atomic E-state index is 13.5. The zero-order chi connectivity index (χ0) is 31.4. The predicted octanol–water partition coefficient (Wildman–Crippen LogP) is 3.57. The highest BCUT2D eigenvalue weighted by molar-refractivity contribution is 7.69. The molecular formula is C29H38N4O8S. The lowest BCUT2D eigenvalue weighted by molar-refractivity contribution is -0.155. The highest BCUT2D eigenvalue weighted by Gasteiger charge is 2.30. The van der Waals surface area contributed by atoms with E-state index in [4.69, 9.17) is 9.47 Å². The normalized spacial score (nSPS) is 14.2.